The number of nitrogens with one attached hydrogen (secondary N) is 2. The molecule has 2 N–H and O–H groups in total. The second-order valence-corrected chi connectivity index (χ2v) is 7.62. The Hall–Kier alpha value is -3.16. The van der Waals surface area contributed by atoms with Crippen LogP contribution < -0.4 is 10.6 Å². The molecule has 2 fully saturated rings. The molecule has 1 saturated heterocycles. The second kappa shape index (κ2) is 8.06. The van der Waals surface area contributed by atoms with Crippen LogP contribution in [0, 0.1) is 0 Å². The molecule has 8 heteroatoms. The number of nitrogens with zero attached hydrogens (tertiary/aromatic N) is 3. The maximum Gasteiger partial charge on any atom is 0.325 e. The van der Waals surface area contributed by atoms with Crippen molar-refractivity contribution in [1.29, 1.82) is 0 Å². The molecule has 1 aliphatic carbocycles. The summed E-state index contributed by atoms with van der Waals surface area (Å²) in [6.07, 6.45) is 7.25. The van der Waals surface area contributed by atoms with Gasteiger partial charge in [-0.2, -0.15) is 5.10 Å². The van der Waals surface area contributed by atoms with Crippen molar-refractivity contribution in [2.45, 2.75) is 43.7 Å². The maximum atomic E-state index is 12.8. The van der Waals surface area contributed by atoms with Gasteiger partial charge >= 0.3 is 6.03 Å². The summed E-state index contributed by atoms with van der Waals surface area (Å²) in [5.41, 5.74) is 0.157. The van der Waals surface area contributed by atoms with Gasteiger partial charge in [-0.25, -0.2) is 4.79 Å². The Labute approximate surface area is 169 Å². The third kappa shape index (κ3) is 3.74. The number of benzene rings is 1. The van der Waals surface area contributed by atoms with E-state index in [4.69, 9.17) is 0 Å². The Kier molecular flexibility index (Phi) is 5.33. The molecular formula is C21H25N5O3. The van der Waals surface area contributed by atoms with Crippen LogP contribution in [0.5, 0.6) is 0 Å². The first kappa shape index (κ1) is 19.2. The molecule has 8 nitrogen and oxygen atoms in total. The van der Waals surface area contributed by atoms with Gasteiger partial charge in [-0.3, -0.25) is 19.2 Å². The van der Waals surface area contributed by atoms with Gasteiger partial charge in [-0.1, -0.05) is 43.2 Å². The Morgan fingerprint density at radius 1 is 1.17 bits per heavy atom. The second-order valence-electron chi connectivity index (χ2n) is 7.62. The first-order valence-electron chi connectivity index (χ1n) is 10.1. The van der Waals surface area contributed by atoms with Crippen molar-refractivity contribution in [2.24, 2.45) is 0 Å². The van der Waals surface area contributed by atoms with Crippen molar-refractivity contribution in [3.63, 3.8) is 0 Å². The van der Waals surface area contributed by atoms with E-state index in [1.165, 1.54) is 4.90 Å². The van der Waals surface area contributed by atoms with Gasteiger partial charge in [0.25, 0.3) is 5.91 Å². The lowest BCUT2D eigenvalue weighted by Crippen LogP contribution is -2.44. The molecule has 2 aromatic rings. The summed E-state index contributed by atoms with van der Waals surface area (Å²) < 4.78 is 1.62. The molecule has 152 valence electrons. The van der Waals surface area contributed by atoms with Gasteiger partial charge in [0.1, 0.15) is 5.54 Å². The SMILES string of the molecule is O=C(NCCCN1C(=O)NC2(CCCC2)C1=O)C(c1ccccc1)n1cccn1. The highest BCUT2D eigenvalue weighted by atomic mass is 16.2. The molecule has 0 bridgehead atoms. The van der Waals surface area contributed by atoms with Crippen LogP contribution in [0.4, 0.5) is 4.79 Å². The molecule has 1 unspecified atom stereocenters. The van der Waals surface area contributed by atoms with Crippen LogP contribution in [0.2, 0.25) is 0 Å². The minimum atomic E-state index is -0.682. The highest BCUT2D eigenvalue weighted by Crippen LogP contribution is 2.35. The van der Waals surface area contributed by atoms with Crippen molar-refractivity contribution in [1.82, 2.24) is 25.3 Å². The minimum Gasteiger partial charge on any atom is -0.354 e. The summed E-state index contributed by atoms with van der Waals surface area (Å²) in [7, 11) is 0. The van der Waals surface area contributed by atoms with E-state index in [0.29, 0.717) is 32.4 Å². The zero-order valence-electron chi connectivity index (χ0n) is 16.2. The number of carbonyl (C=O) groups is 3. The molecule has 29 heavy (non-hydrogen) atoms. The average Bonchev–Trinajstić information content (AvgIpc) is 3.45. The molecule has 2 aliphatic rings. The van der Waals surface area contributed by atoms with Crippen molar-refractivity contribution in [3.8, 4) is 0 Å². The Bertz CT molecular complexity index is 875. The number of imide groups is 1. The molecule has 1 spiro atoms. The van der Waals surface area contributed by atoms with E-state index in [2.05, 4.69) is 15.7 Å². The van der Waals surface area contributed by atoms with Crippen LogP contribution in [-0.2, 0) is 9.59 Å². The smallest absolute Gasteiger partial charge is 0.325 e. The van der Waals surface area contributed by atoms with E-state index in [-0.39, 0.29) is 17.8 Å². The number of aromatic nitrogens is 2. The first-order chi connectivity index (χ1) is 14.1. The fourth-order valence-electron chi connectivity index (χ4n) is 4.24. The standard InChI is InChI=1S/C21H25N5O3/c27-18(17(26-15-7-13-23-26)16-8-2-1-3-9-16)22-12-6-14-25-19(28)21(24-20(25)29)10-4-5-11-21/h1-3,7-9,13,15,17H,4-6,10-12,14H2,(H,22,27)(H,24,29). The van der Waals surface area contributed by atoms with E-state index < -0.39 is 11.6 Å². The van der Waals surface area contributed by atoms with Gasteiger partial charge < -0.3 is 10.6 Å². The van der Waals surface area contributed by atoms with Crippen LogP contribution in [0.15, 0.2) is 48.8 Å². The quantitative estimate of drug-likeness (QED) is 0.552. The molecule has 4 amide bonds. The first-order valence-corrected chi connectivity index (χ1v) is 10.1. The van der Waals surface area contributed by atoms with Gasteiger partial charge in [-0.15, -0.1) is 0 Å². The number of rotatable bonds is 7. The van der Waals surface area contributed by atoms with E-state index in [9.17, 15) is 14.4 Å². The molecule has 1 aromatic heterocycles. The Morgan fingerprint density at radius 2 is 1.93 bits per heavy atom. The highest BCUT2D eigenvalue weighted by Gasteiger charge is 2.51. The lowest BCUT2D eigenvalue weighted by atomic mass is 9.98. The van der Waals surface area contributed by atoms with Crippen molar-refractivity contribution in [2.75, 3.05) is 13.1 Å². The molecule has 1 saturated carbocycles. The monoisotopic (exact) mass is 395 g/mol. The van der Waals surface area contributed by atoms with E-state index in [1.807, 2.05) is 30.3 Å². The largest absolute Gasteiger partial charge is 0.354 e. The van der Waals surface area contributed by atoms with Gasteiger partial charge in [0.15, 0.2) is 6.04 Å². The lowest BCUT2D eigenvalue weighted by molar-refractivity contribution is -0.131. The van der Waals surface area contributed by atoms with Gasteiger partial charge in [0.05, 0.1) is 0 Å². The predicted molar refractivity (Wildman–Crippen MR) is 106 cm³/mol. The van der Waals surface area contributed by atoms with Crippen molar-refractivity contribution in [3.05, 3.63) is 54.4 Å². The van der Waals surface area contributed by atoms with E-state index in [0.717, 1.165) is 18.4 Å². The summed E-state index contributed by atoms with van der Waals surface area (Å²) in [4.78, 5) is 39.0. The normalized spacial score (nSPS) is 18.8. The summed E-state index contributed by atoms with van der Waals surface area (Å²) in [5, 5.41) is 10.0. The molecular weight excluding hydrogens is 370 g/mol. The van der Waals surface area contributed by atoms with Crippen LogP contribution in [0.25, 0.3) is 0 Å². The Morgan fingerprint density at radius 3 is 2.62 bits per heavy atom. The molecule has 2 heterocycles. The Balaban J connectivity index is 1.33. The third-order valence-corrected chi connectivity index (χ3v) is 5.71. The van der Waals surface area contributed by atoms with Gasteiger partial charge in [0, 0.05) is 25.5 Å². The number of hydrogen-bond acceptors (Lipinski definition) is 4. The maximum absolute atomic E-state index is 12.8. The van der Waals surface area contributed by atoms with E-state index in [1.54, 1.807) is 23.1 Å². The van der Waals surface area contributed by atoms with Crippen LogP contribution >= 0.6 is 0 Å². The third-order valence-electron chi connectivity index (χ3n) is 5.71. The minimum absolute atomic E-state index is 0.120. The summed E-state index contributed by atoms with van der Waals surface area (Å²) in [6, 6.07) is 10.3. The zero-order valence-corrected chi connectivity index (χ0v) is 16.2. The van der Waals surface area contributed by atoms with E-state index >= 15 is 0 Å². The van der Waals surface area contributed by atoms with Gasteiger partial charge in [-0.05, 0) is 30.9 Å². The molecule has 1 aromatic carbocycles. The molecule has 1 aliphatic heterocycles. The average molecular weight is 395 g/mol. The van der Waals surface area contributed by atoms with Gasteiger partial charge in [0.2, 0.25) is 5.91 Å². The number of amides is 4. The van der Waals surface area contributed by atoms with Crippen molar-refractivity contribution < 1.29 is 14.4 Å². The summed E-state index contributed by atoms with van der Waals surface area (Å²) in [5.74, 6) is -0.297. The lowest BCUT2D eigenvalue weighted by Gasteiger charge is -2.20. The summed E-state index contributed by atoms with van der Waals surface area (Å²) >= 11 is 0. The predicted octanol–water partition coefficient (Wildman–Crippen LogP) is 1.84. The molecule has 1 atom stereocenters. The van der Waals surface area contributed by atoms with Crippen LogP contribution in [0.3, 0.4) is 0 Å². The molecule has 4 rings (SSSR count). The van der Waals surface area contributed by atoms with Crippen LogP contribution in [-0.4, -0.2) is 51.2 Å². The summed E-state index contributed by atoms with van der Waals surface area (Å²) in [6.45, 7) is 0.665. The van der Waals surface area contributed by atoms with Crippen molar-refractivity contribution >= 4 is 17.8 Å². The highest BCUT2D eigenvalue weighted by molar-refractivity contribution is 6.07. The molecule has 0 radical (unpaired) electrons. The number of urea groups is 1. The van der Waals surface area contributed by atoms with Crippen LogP contribution in [0.1, 0.15) is 43.7 Å². The fraction of sp³-hybridized carbons (Fsp3) is 0.429. The number of carbonyl (C=O) groups excluding carboxylic acids is 3. The topological polar surface area (TPSA) is 96.3 Å². The number of hydrogen-bond donors (Lipinski definition) is 2. The zero-order chi connectivity index (χ0) is 20.3. The fourth-order valence-corrected chi connectivity index (χ4v) is 4.24.